The maximum atomic E-state index is 5.64. The average Bonchev–Trinajstić information content (AvgIpc) is 3.40. The van der Waals surface area contributed by atoms with E-state index in [9.17, 15) is 0 Å². The molecule has 3 N–H and O–H groups in total. The number of piperazine rings is 1. The van der Waals surface area contributed by atoms with Crippen LogP contribution >= 0.6 is 0 Å². The molecule has 11 heteroatoms. The van der Waals surface area contributed by atoms with E-state index < -0.39 is 5.41 Å². The molecule has 4 aromatic heterocycles. The third-order valence-corrected chi connectivity index (χ3v) is 6.64. The summed E-state index contributed by atoms with van der Waals surface area (Å²) >= 11 is 0. The Bertz CT molecular complexity index is 1270. The summed E-state index contributed by atoms with van der Waals surface area (Å²) in [5, 5.41) is 7.66. The maximum absolute atomic E-state index is 5.64. The summed E-state index contributed by atoms with van der Waals surface area (Å²) < 4.78 is 5.62. The molecule has 0 bridgehead atoms. The van der Waals surface area contributed by atoms with Crippen molar-refractivity contribution in [3.05, 3.63) is 54.5 Å². The zero-order chi connectivity index (χ0) is 24.4. The lowest BCUT2D eigenvalue weighted by Crippen LogP contribution is -2.43. The number of rotatable bonds is 6. The molecular weight excluding hydrogens is 444 g/mol. The van der Waals surface area contributed by atoms with E-state index in [1.807, 2.05) is 18.3 Å². The Balaban J connectivity index is 1.40. The first-order chi connectivity index (χ1) is 16.9. The van der Waals surface area contributed by atoms with Gasteiger partial charge in [0.2, 0.25) is 0 Å². The number of nitrogens with one attached hydrogen (secondary N) is 1. The van der Waals surface area contributed by atoms with Gasteiger partial charge in [0.15, 0.2) is 5.82 Å². The summed E-state index contributed by atoms with van der Waals surface area (Å²) in [5.41, 5.74) is 7.98. The van der Waals surface area contributed by atoms with Crippen molar-refractivity contribution in [2.75, 3.05) is 36.8 Å². The molecule has 5 heterocycles. The van der Waals surface area contributed by atoms with Crippen molar-refractivity contribution in [3.63, 3.8) is 0 Å². The number of hydrogen-bond donors (Lipinski definition) is 2. The summed E-state index contributed by atoms with van der Waals surface area (Å²) in [7, 11) is 0. The van der Waals surface area contributed by atoms with Crippen molar-refractivity contribution in [1.29, 1.82) is 0 Å². The van der Waals surface area contributed by atoms with E-state index in [4.69, 9.17) is 15.2 Å². The van der Waals surface area contributed by atoms with Gasteiger partial charge in [-0.1, -0.05) is 25.1 Å². The van der Waals surface area contributed by atoms with Gasteiger partial charge in [0.1, 0.15) is 23.0 Å². The Morgan fingerprint density at radius 2 is 1.66 bits per heavy atom. The van der Waals surface area contributed by atoms with Crippen LogP contribution in [0.5, 0.6) is 0 Å². The Kier molecular flexibility index (Phi) is 6.08. The summed E-state index contributed by atoms with van der Waals surface area (Å²) in [6.45, 7) is 10.0. The first kappa shape index (κ1) is 22.8. The van der Waals surface area contributed by atoms with Crippen LogP contribution in [0.15, 0.2) is 47.6 Å². The van der Waals surface area contributed by atoms with Gasteiger partial charge in [-0.3, -0.25) is 4.98 Å². The minimum absolute atomic E-state index is 0.165. The van der Waals surface area contributed by atoms with Crippen LogP contribution in [0.1, 0.15) is 32.2 Å². The van der Waals surface area contributed by atoms with E-state index in [-0.39, 0.29) is 5.92 Å². The van der Waals surface area contributed by atoms with E-state index in [0.29, 0.717) is 34.6 Å². The van der Waals surface area contributed by atoms with Gasteiger partial charge in [-0.2, -0.15) is 4.98 Å². The predicted molar refractivity (Wildman–Crippen MR) is 131 cm³/mol. The van der Waals surface area contributed by atoms with Crippen molar-refractivity contribution < 1.29 is 4.52 Å². The van der Waals surface area contributed by atoms with Crippen molar-refractivity contribution >= 4 is 11.6 Å². The minimum Gasteiger partial charge on any atom is -0.382 e. The average molecular weight is 473 g/mol. The quantitative estimate of drug-likeness (QED) is 0.426. The highest BCUT2D eigenvalue weighted by Gasteiger charge is 2.38. The molecule has 1 aliphatic rings. The van der Waals surface area contributed by atoms with Crippen molar-refractivity contribution in [1.82, 2.24) is 40.4 Å². The number of aromatic nitrogens is 7. The fraction of sp³-hybridized carbons (Fsp3) is 0.375. The zero-order valence-corrected chi connectivity index (χ0v) is 20.0. The highest BCUT2D eigenvalue weighted by atomic mass is 16.5. The molecule has 11 nitrogen and oxygen atoms in total. The smallest absolute Gasteiger partial charge is 0.278 e. The lowest BCUT2D eigenvalue weighted by atomic mass is 9.73. The number of anilines is 2. The number of pyridine rings is 1. The molecular formula is C24H28N10O. The SMILES string of the molecule is CC(C)[C@](C)(c1ccc(-c2cnc(N)cn2)nc1)c1noc(-c2cnc(N3CCNCC3)cn2)n1. The standard InChI is InChI=1S/C24H28N10O/c1-15(2)24(3,16-4-5-17(27-10-16)18-11-30-20(25)13-28-18)23-32-22(35-33-23)19-12-31-21(14-29-19)34-8-6-26-7-9-34/h4-5,10-15,26H,6-9H2,1-3H3,(H2,25,30)/t24-/m1/s1. The van der Waals surface area contributed by atoms with Crippen LogP contribution in [0.2, 0.25) is 0 Å². The molecule has 0 aromatic carbocycles. The molecule has 1 saturated heterocycles. The van der Waals surface area contributed by atoms with Crippen LogP contribution in [-0.4, -0.2) is 61.2 Å². The largest absolute Gasteiger partial charge is 0.382 e. The van der Waals surface area contributed by atoms with Crippen LogP contribution in [0.4, 0.5) is 11.6 Å². The molecule has 4 aromatic rings. The van der Waals surface area contributed by atoms with E-state index >= 15 is 0 Å². The molecule has 0 amide bonds. The van der Waals surface area contributed by atoms with Crippen LogP contribution in [0.25, 0.3) is 23.0 Å². The topological polar surface area (TPSA) is 145 Å². The number of nitrogens with zero attached hydrogens (tertiary/aromatic N) is 8. The highest BCUT2D eigenvalue weighted by molar-refractivity contribution is 5.54. The molecule has 0 unspecified atom stereocenters. The third kappa shape index (κ3) is 4.42. The zero-order valence-electron chi connectivity index (χ0n) is 20.0. The summed E-state index contributed by atoms with van der Waals surface area (Å²) in [5.74, 6) is 2.29. The molecule has 0 saturated carbocycles. The molecule has 0 spiro atoms. The molecule has 1 atom stereocenters. The van der Waals surface area contributed by atoms with Gasteiger partial charge in [0.05, 0.1) is 35.9 Å². The second-order valence-electron chi connectivity index (χ2n) is 9.04. The Hall–Kier alpha value is -3.99. The number of hydrogen-bond acceptors (Lipinski definition) is 11. The fourth-order valence-electron chi connectivity index (χ4n) is 4.07. The van der Waals surface area contributed by atoms with E-state index in [1.165, 1.54) is 6.20 Å². The molecule has 180 valence electrons. The van der Waals surface area contributed by atoms with Crippen LogP contribution in [0, 0.1) is 5.92 Å². The van der Waals surface area contributed by atoms with Gasteiger partial charge >= 0.3 is 0 Å². The van der Waals surface area contributed by atoms with Crippen LogP contribution in [0.3, 0.4) is 0 Å². The fourth-order valence-corrected chi connectivity index (χ4v) is 4.07. The minimum atomic E-state index is -0.533. The van der Waals surface area contributed by atoms with E-state index in [2.05, 4.69) is 61.1 Å². The molecule has 1 aliphatic heterocycles. The Morgan fingerprint density at radius 3 is 2.29 bits per heavy atom. The number of nitrogen functional groups attached to an aromatic ring is 1. The predicted octanol–water partition coefficient (Wildman–Crippen LogP) is 2.33. The Morgan fingerprint density at radius 1 is 0.914 bits per heavy atom. The second kappa shape index (κ2) is 9.34. The van der Waals surface area contributed by atoms with E-state index in [0.717, 1.165) is 37.6 Å². The first-order valence-electron chi connectivity index (χ1n) is 11.6. The molecule has 35 heavy (non-hydrogen) atoms. The maximum Gasteiger partial charge on any atom is 0.278 e. The molecule has 0 radical (unpaired) electrons. The van der Waals surface area contributed by atoms with Gasteiger partial charge in [0.25, 0.3) is 5.89 Å². The number of nitrogens with two attached hydrogens (primary N) is 1. The second-order valence-corrected chi connectivity index (χ2v) is 9.04. The lowest BCUT2D eigenvalue weighted by Gasteiger charge is -2.30. The summed E-state index contributed by atoms with van der Waals surface area (Å²) in [6.07, 6.45) is 8.40. The van der Waals surface area contributed by atoms with Gasteiger partial charge in [0, 0.05) is 32.4 Å². The third-order valence-electron chi connectivity index (χ3n) is 6.64. The van der Waals surface area contributed by atoms with E-state index in [1.54, 1.807) is 18.6 Å². The van der Waals surface area contributed by atoms with Crippen molar-refractivity contribution in [2.45, 2.75) is 26.2 Å². The van der Waals surface area contributed by atoms with Crippen molar-refractivity contribution in [3.8, 4) is 23.0 Å². The molecule has 5 rings (SSSR count). The van der Waals surface area contributed by atoms with Crippen LogP contribution in [-0.2, 0) is 5.41 Å². The normalized spacial score (nSPS) is 15.8. The first-order valence-corrected chi connectivity index (χ1v) is 11.6. The van der Waals surface area contributed by atoms with Gasteiger partial charge in [-0.05, 0) is 24.5 Å². The lowest BCUT2D eigenvalue weighted by molar-refractivity contribution is 0.350. The van der Waals surface area contributed by atoms with Gasteiger partial charge in [-0.25, -0.2) is 19.9 Å². The monoisotopic (exact) mass is 472 g/mol. The van der Waals surface area contributed by atoms with Gasteiger partial charge in [-0.15, -0.1) is 0 Å². The summed E-state index contributed by atoms with van der Waals surface area (Å²) in [4.78, 5) is 29.0. The summed E-state index contributed by atoms with van der Waals surface area (Å²) in [6, 6.07) is 3.93. The van der Waals surface area contributed by atoms with Crippen molar-refractivity contribution in [2.24, 2.45) is 5.92 Å². The molecule has 0 aliphatic carbocycles. The van der Waals surface area contributed by atoms with Crippen LogP contribution < -0.4 is 16.0 Å². The van der Waals surface area contributed by atoms with Gasteiger partial charge < -0.3 is 20.5 Å². The highest BCUT2D eigenvalue weighted by Crippen LogP contribution is 2.38. The Labute approximate surface area is 203 Å². The molecule has 1 fully saturated rings.